The normalized spacial score (nSPS) is 18.8. The minimum atomic E-state index is -0.249. The van der Waals surface area contributed by atoms with Crippen LogP contribution in [0.2, 0.25) is 0 Å². The Morgan fingerprint density at radius 2 is 2.16 bits per heavy atom. The number of benzene rings is 1. The van der Waals surface area contributed by atoms with Crippen molar-refractivity contribution in [2.75, 3.05) is 25.4 Å². The van der Waals surface area contributed by atoms with Crippen LogP contribution in [0.25, 0.3) is 0 Å². The first-order valence-corrected chi connectivity index (χ1v) is 7.04. The van der Waals surface area contributed by atoms with Gasteiger partial charge in [0.1, 0.15) is 5.82 Å². The van der Waals surface area contributed by atoms with E-state index < -0.39 is 0 Å². The van der Waals surface area contributed by atoms with Crippen molar-refractivity contribution >= 4 is 30.1 Å². The number of halogens is 2. The van der Waals surface area contributed by atoms with E-state index in [0.717, 1.165) is 24.5 Å². The van der Waals surface area contributed by atoms with Gasteiger partial charge in [-0.25, -0.2) is 4.39 Å². The highest BCUT2D eigenvalue weighted by Gasteiger charge is 2.22. The molecule has 1 aromatic carbocycles. The van der Waals surface area contributed by atoms with Gasteiger partial charge >= 0.3 is 0 Å². The van der Waals surface area contributed by atoms with E-state index in [2.05, 4.69) is 5.32 Å². The number of thioether (sulfide) groups is 1. The van der Waals surface area contributed by atoms with Gasteiger partial charge in [0.05, 0.1) is 5.75 Å². The van der Waals surface area contributed by atoms with Gasteiger partial charge in [0.2, 0.25) is 5.91 Å². The lowest BCUT2D eigenvalue weighted by molar-refractivity contribution is -0.131. The Kier molecular flexibility index (Phi) is 6.62. The summed E-state index contributed by atoms with van der Waals surface area (Å²) < 4.78 is 12.7. The van der Waals surface area contributed by atoms with E-state index in [1.807, 2.05) is 11.8 Å². The molecular weight excluding hydrogens is 287 g/mol. The van der Waals surface area contributed by atoms with Gasteiger partial charge in [0.15, 0.2) is 0 Å². The summed E-state index contributed by atoms with van der Waals surface area (Å²) in [6, 6.07) is 6.49. The molecular formula is C13H18ClFN2OS. The van der Waals surface area contributed by atoms with Gasteiger partial charge in [-0.05, 0) is 31.2 Å². The van der Waals surface area contributed by atoms with E-state index in [0.29, 0.717) is 5.75 Å². The molecule has 1 aromatic rings. The summed E-state index contributed by atoms with van der Waals surface area (Å²) in [6.07, 6.45) is 0. The number of amides is 1. The zero-order valence-corrected chi connectivity index (χ0v) is 12.4. The first kappa shape index (κ1) is 16.3. The van der Waals surface area contributed by atoms with Crippen molar-refractivity contribution in [2.24, 2.45) is 0 Å². The van der Waals surface area contributed by atoms with Crippen LogP contribution in [0, 0.1) is 5.82 Å². The Morgan fingerprint density at radius 1 is 1.47 bits per heavy atom. The van der Waals surface area contributed by atoms with E-state index >= 15 is 0 Å². The molecule has 1 N–H and O–H groups in total. The molecule has 1 aliphatic rings. The minimum absolute atomic E-state index is 0. The first-order valence-electron chi connectivity index (χ1n) is 6.05. The highest BCUT2D eigenvalue weighted by atomic mass is 35.5. The van der Waals surface area contributed by atoms with Crippen molar-refractivity contribution in [1.29, 1.82) is 0 Å². The second-order valence-corrected chi connectivity index (χ2v) is 5.43. The van der Waals surface area contributed by atoms with Crippen LogP contribution in [0.5, 0.6) is 0 Å². The molecule has 1 aliphatic heterocycles. The van der Waals surface area contributed by atoms with Gasteiger partial charge < -0.3 is 10.2 Å². The molecule has 0 bridgehead atoms. The molecule has 0 aromatic heterocycles. The molecule has 1 heterocycles. The minimum Gasteiger partial charge on any atom is -0.337 e. The van der Waals surface area contributed by atoms with E-state index in [9.17, 15) is 9.18 Å². The summed E-state index contributed by atoms with van der Waals surface area (Å²) in [6.45, 7) is 4.53. The smallest absolute Gasteiger partial charge is 0.233 e. The van der Waals surface area contributed by atoms with Crippen LogP contribution in [-0.2, 0) is 4.79 Å². The summed E-state index contributed by atoms with van der Waals surface area (Å²) >= 11 is 1.45. The molecule has 0 aliphatic carbocycles. The fraction of sp³-hybridized carbons (Fsp3) is 0.462. The van der Waals surface area contributed by atoms with Gasteiger partial charge in [-0.3, -0.25) is 4.79 Å². The number of carbonyl (C=O) groups excluding carboxylic acids is 1. The summed E-state index contributed by atoms with van der Waals surface area (Å²) in [5.41, 5.74) is 0. The number of rotatable bonds is 3. The third-order valence-corrected chi connectivity index (χ3v) is 3.99. The molecule has 1 fully saturated rings. The standard InChI is InChI=1S/C13H17FN2OS.ClH/c1-10-8-15-6-7-16(10)13(17)9-18-12-4-2-11(14)3-5-12;/h2-5,10,15H,6-9H2,1H3;1H/t10-;/m0./s1. The zero-order valence-electron chi connectivity index (χ0n) is 10.8. The van der Waals surface area contributed by atoms with Crippen LogP contribution in [0.3, 0.4) is 0 Å². The third-order valence-electron chi connectivity index (χ3n) is 3.00. The number of nitrogens with zero attached hydrogens (tertiary/aromatic N) is 1. The lowest BCUT2D eigenvalue weighted by Crippen LogP contribution is -2.52. The molecule has 1 atom stereocenters. The second kappa shape index (κ2) is 7.72. The van der Waals surface area contributed by atoms with Crippen LogP contribution in [0.4, 0.5) is 4.39 Å². The van der Waals surface area contributed by atoms with Crippen molar-refractivity contribution in [3.05, 3.63) is 30.1 Å². The molecule has 0 radical (unpaired) electrons. The van der Waals surface area contributed by atoms with Crippen LogP contribution in [0.15, 0.2) is 29.2 Å². The number of carbonyl (C=O) groups is 1. The first-order chi connectivity index (χ1) is 8.66. The highest BCUT2D eigenvalue weighted by molar-refractivity contribution is 8.00. The topological polar surface area (TPSA) is 32.3 Å². The lowest BCUT2D eigenvalue weighted by Gasteiger charge is -2.33. The van der Waals surface area contributed by atoms with Crippen molar-refractivity contribution in [3.63, 3.8) is 0 Å². The largest absolute Gasteiger partial charge is 0.337 e. The van der Waals surface area contributed by atoms with Gasteiger partial charge in [-0.15, -0.1) is 24.2 Å². The lowest BCUT2D eigenvalue weighted by atomic mass is 10.2. The molecule has 0 spiro atoms. The van der Waals surface area contributed by atoms with Crippen molar-refractivity contribution in [3.8, 4) is 0 Å². The average molecular weight is 305 g/mol. The van der Waals surface area contributed by atoms with E-state index in [-0.39, 0.29) is 30.2 Å². The van der Waals surface area contributed by atoms with E-state index in [4.69, 9.17) is 0 Å². The van der Waals surface area contributed by atoms with Crippen LogP contribution in [0.1, 0.15) is 6.92 Å². The van der Waals surface area contributed by atoms with Gasteiger partial charge in [0, 0.05) is 30.6 Å². The molecule has 19 heavy (non-hydrogen) atoms. The van der Waals surface area contributed by atoms with E-state index in [1.165, 1.54) is 23.9 Å². The van der Waals surface area contributed by atoms with E-state index in [1.54, 1.807) is 12.1 Å². The summed E-state index contributed by atoms with van der Waals surface area (Å²) in [5, 5.41) is 3.26. The average Bonchev–Trinajstić information content (AvgIpc) is 2.38. The predicted molar refractivity (Wildman–Crippen MR) is 78.4 cm³/mol. The molecule has 106 valence electrons. The maximum atomic E-state index is 12.7. The molecule has 3 nitrogen and oxygen atoms in total. The summed E-state index contributed by atoms with van der Waals surface area (Å²) in [4.78, 5) is 14.9. The van der Waals surface area contributed by atoms with Crippen LogP contribution >= 0.6 is 24.2 Å². The van der Waals surface area contributed by atoms with Crippen molar-refractivity contribution < 1.29 is 9.18 Å². The maximum Gasteiger partial charge on any atom is 0.233 e. The SMILES string of the molecule is C[C@H]1CNCCN1C(=O)CSc1ccc(F)cc1.Cl. The monoisotopic (exact) mass is 304 g/mol. The molecule has 1 saturated heterocycles. The van der Waals surface area contributed by atoms with Gasteiger partial charge in [-0.2, -0.15) is 0 Å². The van der Waals surface area contributed by atoms with Crippen LogP contribution in [-0.4, -0.2) is 42.2 Å². The Morgan fingerprint density at radius 3 is 2.79 bits per heavy atom. The van der Waals surface area contributed by atoms with Crippen molar-refractivity contribution in [2.45, 2.75) is 17.9 Å². The zero-order chi connectivity index (χ0) is 13.0. The number of piperazine rings is 1. The summed E-state index contributed by atoms with van der Waals surface area (Å²) in [5.74, 6) is 0.315. The molecule has 1 amide bonds. The molecule has 6 heteroatoms. The Bertz CT molecular complexity index is 416. The number of nitrogens with one attached hydrogen (secondary N) is 1. The highest BCUT2D eigenvalue weighted by Crippen LogP contribution is 2.19. The fourth-order valence-corrected chi connectivity index (χ4v) is 2.75. The van der Waals surface area contributed by atoms with Gasteiger partial charge in [-0.1, -0.05) is 0 Å². The number of hydrogen-bond donors (Lipinski definition) is 1. The Balaban J connectivity index is 0.00000180. The quantitative estimate of drug-likeness (QED) is 0.869. The fourth-order valence-electron chi connectivity index (χ4n) is 1.97. The Labute approximate surface area is 123 Å². The third kappa shape index (κ3) is 4.67. The molecule has 0 unspecified atom stereocenters. The van der Waals surface area contributed by atoms with Gasteiger partial charge in [0.25, 0.3) is 0 Å². The predicted octanol–water partition coefficient (Wildman–Crippen LogP) is 2.16. The maximum absolute atomic E-state index is 12.7. The second-order valence-electron chi connectivity index (χ2n) is 4.38. The summed E-state index contributed by atoms with van der Waals surface area (Å²) in [7, 11) is 0. The number of hydrogen-bond acceptors (Lipinski definition) is 3. The van der Waals surface area contributed by atoms with Crippen LogP contribution < -0.4 is 5.32 Å². The Hall–Kier alpha value is -0.780. The van der Waals surface area contributed by atoms with Crippen molar-refractivity contribution in [1.82, 2.24) is 10.2 Å². The molecule has 0 saturated carbocycles. The molecule has 2 rings (SSSR count).